The smallest absolute Gasteiger partial charge is 0.351 e. The molecule has 0 fully saturated rings. The van der Waals surface area contributed by atoms with E-state index in [0.717, 1.165) is 10.9 Å². The maximum atomic E-state index is 13.5. The molecule has 0 spiro atoms. The Morgan fingerprint density at radius 1 is 1.25 bits per heavy atom. The second kappa shape index (κ2) is 8.16. The second-order valence-electron chi connectivity index (χ2n) is 4.96. The van der Waals surface area contributed by atoms with Crippen molar-refractivity contribution in [3.8, 4) is 5.69 Å². The van der Waals surface area contributed by atoms with Gasteiger partial charge in [0, 0.05) is 13.1 Å². The van der Waals surface area contributed by atoms with Gasteiger partial charge in [0.25, 0.3) is 5.91 Å². The average Bonchev–Trinajstić information content (AvgIpc) is 2.93. The van der Waals surface area contributed by atoms with Gasteiger partial charge in [-0.25, -0.2) is 4.68 Å². The molecular weight excluding hydrogens is 345 g/mol. The zero-order chi connectivity index (χ0) is 17.0. The normalized spacial score (nSPS) is 11.0. The van der Waals surface area contributed by atoms with Crippen LogP contribution in [-0.4, -0.2) is 35.8 Å². The van der Waals surface area contributed by atoms with Gasteiger partial charge in [0.1, 0.15) is 0 Å². The molecule has 0 aliphatic carbocycles. The van der Waals surface area contributed by atoms with Gasteiger partial charge in [0.15, 0.2) is 5.69 Å². The third-order valence-electron chi connectivity index (χ3n) is 3.29. The molecule has 2 aromatic rings. The fraction of sp³-hybridized carbons (Fsp3) is 0.333. The molecule has 5 nitrogen and oxygen atoms in total. The zero-order valence-electron chi connectivity index (χ0n) is 13.1. The Kier molecular flexibility index (Phi) is 6.80. The first-order valence-corrected chi connectivity index (χ1v) is 7.00. The Bertz CT molecular complexity index is 700. The summed E-state index contributed by atoms with van der Waals surface area (Å²) < 4.78 is 41.1. The van der Waals surface area contributed by atoms with E-state index in [4.69, 9.17) is 0 Å². The summed E-state index contributed by atoms with van der Waals surface area (Å²) in [5.41, 5.74) is -0.650. The van der Waals surface area contributed by atoms with Crippen molar-refractivity contribution in [2.75, 3.05) is 20.1 Å². The highest BCUT2D eigenvalue weighted by molar-refractivity contribution is 5.95. The predicted molar refractivity (Wildman–Crippen MR) is 86.8 cm³/mol. The molecule has 24 heavy (non-hydrogen) atoms. The molecule has 1 aromatic carbocycles. The summed E-state index contributed by atoms with van der Waals surface area (Å²) in [5, 5.41) is 9.02. The highest BCUT2D eigenvalue weighted by Gasteiger charge is 2.40. The highest BCUT2D eigenvalue weighted by Crippen LogP contribution is 2.34. The van der Waals surface area contributed by atoms with Crippen LogP contribution < -0.4 is 10.6 Å². The summed E-state index contributed by atoms with van der Waals surface area (Å²) in [5.74, 6) is -0.799. The number of hydrogen-bond donors (Lipinski definition) is 2. The summed E-state index contributed by atoms with van der Waals surface area (Å²) in [6.45, 7) is 2.37. The molecule has 0 atom stereocenters. The van der Waals surface area contributed by atoms with Crippen LogP contribution in [0.2, 0.25) is 0 Å². The van der Waals surface area contributed by atoms with E-state index in [1.165, 1.54) is 6.07 Å². The molecule has 0 unspecified atom stereocenters. The van der Waals surface area contributed by atoms with Crippen LogP contribution in [0.3, 0.4) is 0 Å². The summed E-state index contributed by atoms with van der Waals surface area (Å²) in [6.07, 6.45) is -3.75. The first-order valence-electron chi connectivity index (χ1n) is 7.00. The SMILES string of the molecule is CNCCNC(=O)c1cnn(-c2ccccc2C)c1C(F)(F)F.Cl. The van der Waals surface area contributed by atoms with Gasteiger partial charge in [-0.1, -0.05) is 18.2 Å². The maximum absolute atomic E-state index is 13.5. The van der Waals surface area contributed by atoms with Gasteiger partial charge in [-0.3, -0.25) is 4.79 Å². The van der Waals surface area contributed by atoms with Crippen LogP contribution in [0.25, 0.3) is 5.69 Å². The molecule has 9 heteroatoms. The van der Waals surface area contributed by atoms with Crippen molar-refractivity contribution in [2.24, 2.45) is 0 Å². The summed E-state index contributed by atoms with van der Waals surface area (Å²) in [4.78, 5) is 12.0. The molecule has 0 saturated heterocycles. The Morgan fingerprint density at radius 2 is 1.92 bits per heavy atom. The number of benzene rings is 1. The Labute approximate surface area is 143 Å². The molecule has 0 saturated carbocycles. The Hall–Kier alpha value is -2.06. The summed E-state index contributed by atoms with van der Waals surface area (Å²) in [6, 6.07) is 6.56. The molecule has 132 valence electrons. The number of hydrogen-bond acceptors (Lipinski definition) is 3. The third-order valence-corrected chi connectivity index (χ3v) is 3.29. The van der Waals surface area contributed by atoms with Crippen LogP contribution in [0, 0.1) is 6.92 Å². The molecule has 2 N–H and O–H groups in total. The molecule has 1 heterocycles. The number of likely N-dealkylation sites (N-methyl/N-ethyl adjacent to an activating group) is 1. The minimum absolute atomic E-state index is 0. The standard InChI is InChI=1S/C15H17F3N4O.ClH/c1-10-5-3-4-6-12(10)22-13(15(16,17)18)11(9-21-22)14(23)20-8-7-19-2;/h3-6,9,19H,7-8H2,1-2H3,(H,20,23);1H. The predicted octanol–water partition coefficient (Wildman–Crippen LogP) is 2.57. The number of nitrogens with zero attached hydrogens (tertiary/aromatic N) is 2. The van der Waals surface area contributed by atoms with Gasteiger partial charge in [-0.05, 0) is 25.6 Å². The van der Waals surface area contributed by atoms with E-state index in [2.05, 4.69) is 15.7 Å². The number of aryl methyl sites for hydroxylation is 1. The van der Waals surface area contributed by atoms with Gasteiger partial charge in [-0.2, -0.15) is 18.3 Å². The Balaban J connectivity index is 0.00000288. The molecule has 0 aliphatic heterocycles. The molecule has 0 bridgehead atoms. The van der Waals surface area contributed by atoms with E-state index < -0.39 is 23.3 Å². The van der Waals surface area contributed by atoms with Crippen LogP contribution in [0.4, 0.5) is 13.2 Å². The van der Waals surface area contributed by atoms with E-state index in [0.29, 0.717) is 12.1 Å². The van der Waals surface area contributed by atoms with E-state index in [-0.39, 0.29) is 24.6 Å². The minimum Gasteiger partial charge on any atom is -0.351 e. The van der Waals surface area contributed by atoms with E-state index in [1.54, 1.807) is 32.2 Å². The number of amides is 1. The van der Waals surface area contributed by atoms with Crippen molar-refractivity contribution in [3.63, 3.8) is 0 Å². The van der Waals surface area contributed by atoms with Gasteiger partial charge >= 0.3 is 6.18 Å². The molecule has 2 rings (SSSR count). The van der Waals surface area contributed by atoms with Crippen LogP contribution in [-0.2, 0) is 6.18 Å². The Morgan fingerprint density at radius 3 is 2.50 bits per heavy atom. The number of rotatable bonds is 5. The second-order valence-corrected chi connectivity index (χ2v) is 4.96. The number of nitrogens with one attached hydrogen (secondary N) is 2. The van der Waals surface area contributed by atoms with Gasteiger partial charge in [-0.15, -0.1) is 12.4 Å². The van der Waals surface area contributed by atoms with Crippen molar-refractivity contribution < 1.29 is 18.0 Å². The largest absolute Gasteiger partial charge is 0.434 e. The summed E-state index contributed by atoms with van der Waals surface area (Å²) in [7, 11) is 1.68. The molecule has 1 amide bonds. The summed E-state index contributed by atoms with van der Waals surface area (Å²) >= 11 is 0. The quantitative estimate of drug-likeness (QED) is 0.804. The molecule has 0 radical (unpaired) electrons. The lowest BCUT2D eigenvalue weighted by Crippen LogP contribution is -2.31. The van der Waals surface area contributed by atoms with Crippen LogP contribution in [0.1, 0.15) is 21.6 Å². The van der Waals surface area contributed by atoms with Crippen molar-refractivity contribution in [2.45, 2.75) is 13.1 Å². The monoisotopic (exact) mass is 362 g/mol. The topological polar surface area (TPSA) is 58.9 Å². The molecular formula is C15H18ClF3N4O. The van der Waals surface area contributed by atoms with Crippen LogP contribution in [0.5, 0.6) is 0 Å². The van der Waals surface area contributed by atoms with Crippen molar-refractivity contribution in [1.82, 2.24) is 20.4 Å². The zero-order valence-corrected chi connectivity index (χ0v) is 14.0. The van der Waals surface area contributed by atoms with E-state index in [9.17, 15) is 18.0 Å². The number of aromatic nitrogens is 2. The first-order chi connectivity index (χ1) is 10.9. The maximum Gasteiger partial charge on any atom is 0.434 e. The van der Waals surface area contributed by atoms with Gasteiger partial charge < -0.3 is 10.6 Å². The lowest BCUT2D eigenvalue weighted by atomic mass is 10.1. The fourth-order valence-electron chi connectivity index (χ4n) is 2.17. The number of alkyl halides is 3. The molecule has 1 aromatic heterocycles. The van der Waals surface area contributed by atoms with Crippen molar-refractivity contribution in [3.05, 3.63) is 47.3 Å². The lowest BCUT2D eigenvalue weighted by molar-refractivity contribution is -0.143. The van der Waals surface area contributed by atoms with Gasteiger partial charge in [0.2, 0.25) is 0 Å². The van der Waals surface area contributed by atoms with E-state index >= 15 is 0 Å². The van der Waals surface area contributed by atoms with Gasteiger partial charge in [0.05, 0.1) is 17.4 Å². The van der Waals surface area contributed by atoms with Crippen molar-refractivity contribution in [1.29, 1.82) is 0 Å². The van der Waals surface area contributed by atoms with Crippen molar-refractivity contribution >= 4 is 18.3 Å². The number of carbonyl (C=O) groups excluding carboxylic acids is 1. The fourth-order valence-corrected chi connectivity index (χ4v) is 2.17. The van der Waals surface area contributed by atoms with Crippen LogP contribution >= 0.6 is 12.4 Å². The third kappa shape index (κ3) is 4.27. The number of para-hydroxylation sites is 1. The highest BCUT2D eigenvalue weighted by atomic mass is 35.5. The van der Waals surface area contributed by atoms with Crippen LogP contribution in [0.15, 0.2) is 30.5 Å². The first kappa shape index (κ1) is 20.0. The average molecular weight is 363 g/mol. The van der Waals surface area contributed by atoms with E-state index in [1.807, 2.05) is 0 Å². The number of halogens is 4. The lowest BCUT2D eigenvalue weighted by Gasteiger charge is -2.14. The minimum atomic E-state index is -4.70. The molecule has 0 aliphatic rings. The number of carbonyl (C=O) groups is 1.